The first-order chi connectivity index (χ1) is 15.0. The smallest absolute Gasteiger partial charge is 0.225 e. The van der Waals surface area contributed by atoms with Gasteiger partial charge in [-0.05, 0) is 18.8 Å². The molecule has 0 bridgehead atoms. The van der Waals surface area contributed by atoms with Gasteiger partial charge in [-0.2, -0.15) is 0 Å². The molecule has 1 fully saturated rings. The van der Waals surface area contributed by atoms with Gasteiger partial charge >= 0.3 is 0 Å². The first-order valence-electron chi connectivity index (χ1n) is 11.9. The van der Waals surface area contributed by atoms with Crippen LogP contribution in [0.5, 0.6) is 0 Å². The molecule has 0 aromatic rings. The summed E-state index contributed by atoms with van der Waals surface area (Å²) in [4.78, 5) is 40.4. The number of hydrogen-bond acceptors (Lipinski definition) is 5. The standard InChI is InChI=1S/C21H39N3O5.C3H8/c1-8-13(2)19(23(5)15(4)25)17(28-6)12-18(26)24-11-9-10-16(24)20(29-7)14(3)21(22)27;1-3-2/h13-14,16-17,19-20H,8-12H2,1-7H3,(H2,22,27);3H2,1-2H3. The Hall–Kier alpha value is -1.67. The highest BCUT2D eigenvalue weighted by molar-refractivity contribution is 5.79. The topological polar surface area (TPSA) is 102 Å². The van der Waals surface area contributed by atoms with Crippen LogP contribution in [0.3, 0.4) is 0 Å². The lowest BCUT2D eigenvalue weighted by Gasteiger charge is -2.38. The van der Waals surface area contributed by atoms with E-state index in [1.165, 1.54) is 13.3 Å². The van der Waals surface area contributed by atoms with Crippen molar-refractivity contribution in [2.24, 2.45) is 17.6 Å². The van der Waals surface area contributed by atoms with Crippen LogP contribution in [0.25, 0.3) is 0 Å². The van der Waals surface area contributed by atoms with Gasteiger partial charge in [0.05, 0.1) is 36.6 Å². The van der Waals surface area contributed by atoms with Crippen molar-refractivity contribution in [1.82, 2.24) is 9.80 Å². The number of amides is 3. The van der Waals surface area contributed by atoms with Gasteiger partial charge in [0, 0.05) is 34.7 Å². The third-order valence-corrected chi connectivity index (χ3v) is 6.44. The number of hydrogen-bond donors (Lipinski definition) is 1. The predicted molar refractivity (Wildman–Crippen MR) is 127 cm³/mol. The molecule has 6 atom stereocenters. The molecule has 6 unspecified atom stereocenters. The summed E-state index contributed by atoms with van der Waals surface area (Å²) in [6.07, 6.45) is 3.04. The minimum atomic E-state index is -0.492. The fourth-order valence-corrected chi connectivity index (χ4v) is 4.38. The van der Waals surface area contributed by atoms with Gasteiger partial charge in [-0.1, -0.05) is 47.5 Å². The van der Waals surface area contributed by atoms with E-state index in [2.05, 4.69) is 27.7 Å². The number of nitrogens with zero attached hydrogens (tertiary/aromatic N) is 2. The normalized spacial score (nSPS) is 20.4. The molecule has 8 heteroatoms. The third kappa shape index (κ3) is 8.35. The maximum Gasteiger partial charge on any atom is 0.225 e. The number of likely N-dealkylation sites (N-methyl/N-ethyl adjacent to an activating group) is 1. The van der Waals surface area contributed by atoms with Gasteiger partial charge in [-0.25, -0.2) is 0 Å². The lowest BCUT2D eigenvalue weighted by Crippen LogP contribution is -2.52. The number of nitrogens with two attached hydrogens (primary N) is 1. The van der Waals surface area contributed by atoms with Crippen LogP contribution in [0.4, 0.5) is 0 Å². The van der Waals surface area contributed by atoms with Crippen molar-refractivity contribution in [2.45, 2.75) is 97.9 Å². The van der Waals surface area contributed by atoms with Crippen LogP contribution in [0.1, 0.15) is 73.6 Å². The summed E-state index contributed by atoms with van der Waals surface area (Å²) in [7, 11) is 4.88. The number of primary amides is 1. The molecule has 0 aromatic carbocycles. The van der Waals surface area contributed by atoms with E-state index < -0.39 is 24.0 Å². The molecular formula is C24H47N3O5. The van der Waals surface area contributed by atoms with E-state index in [0.29, 0.717) is 6.54 Å². The first kappa shape index (κ1) is 30.3. The van der Waals surface area contributed by atoms with Crippen LogP contribution in [0.2, 0.25) is 0 Å². The van der Waals surface area contributed by atoms with Crippen LogP contribution in [-0.2, 0) is 23.9 Å². The summed E-state index contributed by atoms with van der Waals surface area (Å²) in [5, 5.41) is 0. The molecule has 0 aliphatic carbocycles. The van der Waals surface area contributed by atoms with Crippen LogP contribution < -0.4 is 5.73 Å². The lowest BCUT2D eigenvalue weighted by atomic mass is 9.90. The van der Waals surface area contributed by atoms with Crippen molar-refractivity contribution in [3.8, 4) is 0 Å². The molecule has 0 aromatic heterocycles. The Morgan fingerprint density at radius 3 is 2.09 bits per heavy atom. The van der Waals surface area contributed by atoms with Crippen molar-refractivity contribution < 1.29 is 23.9 Å². The van der Waals surface area contributed by atoms with E-state index in [4.69, 9.17) is 15.2 Å². The number of carbonyl (C=O) groups is 3. The van der Waals surface area contributed by atoms with Crippen molar-refractivity contribution in [3.05, 3.63) is 0 Å². The fourth-order valence-electron chi connectivity index (χ4n) is 4.38. The maximum absolute atomic E-state index is 13.2. The summed E-state index contributed by atoms with van der Waals surface area (Å²) in [5.41, 5.74) is 5.47. The van der Waals surface area contributed by atoms with E-state index in [0.717, 1.165) is 19.3 Å². The first-order valence-corrected chi connectivity index (χ1v) is 11.9. The van der Waals surface area contributed by atoms with Crippen molar-refractivity contribution in [3.63, 3.8) is 0 Å². The van der Waals surface area contributed by atoms with Gasteiger partial charge < -0.3 is 25.0 Å². The molecular weight excluding hydrogens is 410 g/mol. The molecule has 32 heavy (non-hydrogen) atoms. The highest BCUT2D eigenvalue weighted by Gasteiger charge is 2.41. The minimum Gasteiger partial charge on any atom is -0.379 e. The van der Waals surface area contributed by atoms with Crippen LogP contribution >= 0.6 is 0 Å². The second-order valence-corrected chi connectivity index (χ2v) is 8.88. The van der Waals surface area contributed by atoms with Crippen molar-refractivity contribution in [1.29, 1.82) is 0 Å². The van der Waals surface area contributed by atoms with Crippen LogP contribution in [0, 0.1) is 11.8 Å². The quantitative estimate of drug-likeness (QED) is 0.514. The van der Waals surface area contributed by atoms with Gasteiger partial charge in [-0.3, -0.25) is 14.4 Å². The molecule has 3 amide bonds. The Kier molecular flexibility index (Phi) is 14.4. The second kappa shape index (κ2) is 15.2. The second-order valence-electron chi connectivity index (χ2n) is 8.88. The maximum atomic E-state index is 13.2. The van der Waals surface area contributed by atoms with Crippen molar-refractivity contribution >= 4 is 17.7 Å². The van der Waals surface area contributed by atoms with E-state index in [9.17, 15) is 14.4 Å². The van der Waals surface area contributed by atoms with E-state index in [-0.39, 0.29) is 36.2 Å². The predicted octanol–water partition coefficient (Wildman–Crippen LogP) is 2.83. The highest BCUT2D eigenvalue weighted by Crippen LogP contribution is 2.28. The average Bonchev–Trinajstić information content (AvgIpc) is 3.23. The summed E-state index contributed by atoms with van der Waals surface area (Å²) < 4.78 is 11.3. The van der Waals surface area contributed by atoms with Gasteiger partial charge in [0.1, 0.15) is 0 Å². The molecule has 1 aliphatic rings. The molecule has 1 saturated heterocycles. The number of carbonyl (C=O) groups excluding carboxylic acids is 3. The van der Waals surface area contributed by atoms with Gasteiger partial charge in [0.2, 0.25) is 17.7 Å². The number of likely N-dealkylation sites (tertiary alicyclic amines) is 1. The summed E-state index contributed by atoms with van der Waals surface area (Å²) >= 11 is 0. The lowest BCUT2D eigenvalue weighted by molar-refractivity contribution is -0.144. The Balaban J connectivity index is 0.00000302. The largest absolute Gasteiger partial charge is 0.379 e. The molecule has 1 rings (SSSR count). The molecule has 188 valence electrons. The summed E-state index contributed by atoms with van der Waals surface area (Å²) in [5.74, 6) is -0.862. The fraction of sp³-hybridized carbons (Fsp3) is 0.875. The molecule has 0 radical (unpaired) electrons. The van der Waals surface area contributed by atoms with Crippen LogP contribution in [-0.4, -0.2) is 79.6 Å². The molecule has 0 saturated carbocycles. The van der Waals surface area contributed by atoms with E-state index >= 15 is 0 Å². The monoisotopic (exact) mass is 457 g/mol. The van der Waals surface area contributed by atoms with Crippen LogP contribution in [0.15, 0.2) is 0 Å². The third-order valence-electron chi connectivity index (χ3n) is 6.44. The minimum absolute atomic E-state index is 0.0525. The molecule has 0 spiro atoms. The Bertz CT molecular complexity index is 586. The zero-order valence-electron chi connectivity index (χ0n) is 21.7. The van der Waals surface area contributed by atoms with E-state index in [1.54, 1.807) is 38.0 Å². The Morgan fingerprint density at radius 2 is 1.69 bits per heavy atom. The van der Waals surface area contributed by atoms with Gasteiger partial charge in [-0.15, -0.1) is 0 Å². The molecule has 2 N–H and O–H groups in total. The summed E-state index contributed by atoms with van der Waals surface area (Å²) in [6, 6.07) is -0.393. The van der Waals surface area contributed by atoms with Gasteiger partial charge in [0.25, 0.3) is 0 Å². The molecule has 1 aliphatic heterocycles. The Morgan fingerprint density at radius 1 is 1.12 bits per heavy atom. The van der Waals surface area contributed by atoms with Crippen molar-refractivity contribution in [2.75, 3.05) is 27.8 Å². The highest BCUT2D eigenvalue weighted by atomic mass is 16.5. The van der Waals surface area contributed by atoms with Gasteiger partial charge in [0.15, 0.2) is 0 Å². The SMILES string of the molecule is CCC.CCC(C)C(C(CC(=O)N1CCCC1C(OC)C(C)C(N)=O)OC)N(C)C(C)=O. The molecule has 8 nitrogen and oxygen atoms in total. The number of rotatable bonds is 11. The zero-order chi connectivity index (χ0) is 25.0. The Labute approximate surface area is 195 Å². The van der Waals surface area contributed by atoms with E-state index in [1.807, 2.05) is 0 Å². The average molecular weight is 458 g/mol. The zero-order valence-corrected chi connectivity index (χ0v) is 21.7. The number of ether oxygens (including phenoxy) is 2. The number of methoxy groups -OCH3 is 2. The molecule has 1 heterocycles. The summed E-state index contributed by atoms with van der Waals surface area (Å²) in [6.45, 7) is 12.2.